The summed E-state index contributed by atoms with van der Waals surface area (Å²) in [6.45, 7) is 0.0794. The Morgan fingerprint density at radius 1 is 1.15 bits per heavy atom. The summed E-state index contributed by atoms with van der Waals surface area (Å²) in [4.78, 5) is 23.5. The number of carboxylic acids is 1. The average molecular weight is 390 g/mol. The van der Waals surface area contributed by atoms with E-state index < -0.39 is 18.1 Å². The molecule has 0 saturated carbocycles. The van der Waals surface area contributed by atoms with Crippen LogP contribution in [-0.2, 0) is 22.6 Å². The predicted molar refractivity (Wildman–Crippen MR) is 102 cm³/mol. The SMILES string of the molecule is O=C(N[C@@H](Cc1csc2c(Cl)cccc12)C(=O)O)OCc1ccccc1. The Morgan fingerprint density at radius 3 is 2.65 bits per heavy atom. The number of fused-ring (bicyclic) bond motifs is 1. The molecule has 1 aromatic heterocycles. The van der Waals surface area contributed by atoms with Gasteiger partial charge in [-0.2, -0.15) is 0 Å². The molecule has 1 heterocycles. The minimum absolute atomic E-state index is 0.0794. The maximum atomic E-state index is 12.0. The van der Waals surface area contributed by atoms with Gasteiger partial charge in [-0.3, -0.25) is 0 Å². The van der Waals surface area contributed by atoms with E-state index in [-0.39, 0.29) is 13.0 Å². The van der Waals surface area contributed by atoms with Gasteiger partial charge in [-0.25, -0.2) is 9.59 Å². The van der Waals surface area contributed by atoms with Gasteiger partial charge in [0, 0.05) is 6.42 Å². The molecule has 0 aliphatic rings. The third kappa shape index (κ3) is 4.33. The molecule has 2 N–H and O–H groups in total. The smallest absolute Gasteiger partial charge is 0.408 e. The average Bonchev–Trinajstić information content (AvgIpc) is 3.04. The Morgan fingerprint density at radius 2 is 1.92 bits per heavy atom. The molecule has 0 saturated heterocycles. The van der Waals surface area contributed by atoms with E-state index in [1.807, 2.05) is 47.8 Å². The molecule has 1 atom stereocenters. The van der Waals surface area contributed by atoms with Crippen molar-refractivity contribution in [3.63, 3.8) is 0 Å². The second kappa shape index (κ2) is 8.21. The number of alkyl carbamates (subject to hydrolysis) is 1. The molecular weight excluding hydrogens is 374 g/mol. The Hall–Kier alpha value is -2.57. The van der Waals surface area contributed by atoms with Crippen molar-refractivity contribution in [1.82, 2.24) is 5.32 Å². The highest BCUT2D eigenvalue weighted by molar-refractivity contribution is 7.18. The molecule has 0 spiro atoms. The number of carboxylic acid groups (broad SMARTS) is 1. The van der Waals surface area contributed by atoms with Crippen molar-refractivity contribution >= 4 is 45.1 Å². The van der Waals surface area contributed by atoms with Gasteiger partial charge in [-0.1, -0.05) is 54.1 Å². The van der Waals surface area contributed by atoms with Crippen molar-refractivity contribution in [2.45, 2.75) is 19.1 Å². The fourth-order valence-corrected chi connectivity index (χ4v) is 3.86. The molecule has 0 aliphatic carbocycles. The van der Waals surface area contributed by atoms with Gasteiger partial charge >= 0.3 is 12.1 Å². The number of halogens is 1. The van der Waals surface area contributed by atoms with E-state index >= 15 is 0 Å². The number of hydrogen-bond acceptors (Lipinski definition) is 4. The number of benzene rings is 2. The molecular formula is C19H16ClNO4S. The van der Waals surface area contributed by atoms with Gasteiger partial charge in [0.25, 0.3) is 0 Å². The summed E-state index contributed by atoms with van der Waals surface area (Å²) in [5.74, 6) is -1.12. The first kappa shape index (κ1) is 18.2. The number of carbonyl (C=O) groups excluding carboxylic acids is 1. The van der Waals surface area contributed by atoms with Crippen LogP contribution in [0.25, 0.3) is 10.1 Å². The van der Waals surface area contributed by atoms with Gasteiger partial charge in [0.15, 0.2) is 0 Å². The van der Waals surface area contributed by atoms with E-state index in [0.717, 1.165) is 21.2 Å². The van der Waals surface area contributed by atoms with Gasteiger partial charge in [0.1, 0.15) is 12.6 Å². The maximum Gasteiger partial charge on any atom is 0.408 e. The summed E-state index contributed by atoms with van der Waals surface area (Å²) in [5.41, 5.74) is 1.65. The lowest BCUT2D eigenvalue weighted by molar-refractivity contribution is -0.139. The third-order valence-electron chi connectivity index (χ3n) is 3.86. The number of hydrogen-bond donors (Lipinski definition) is 2. The lowest BCUT2D eigenvalue weighted by atomic mass is 10.1. The molecule has 134 valence electrons. The largest absolute Gasteiger partial charge is 0.480 e. The molecule has 0 unspecified atom stereocenters. The minimum Gasteiger partial charge on any atom is -0.480 e. The van der Waals surface area contributed by atoms with Crippen LogP contribution in [0.1, 0.15) is 11.1 Å². The van der Waals surface area contributed by atoms with Gasteiger partial charge in [0.05, 0.1) is 9.72 Å². The normalized spacial score (nSPS) is 11.9. The minimum atomic E-state index is -1.12. The van der Waals surface area contributed by atoms with Crippen LogP contribution < -0.4 is 5.32 Å². The van der Waals surface area contributed by atoms with Crippen molar-refractivity contribution in [2.24, 2.45) is 0 Å². The second-order valence-corrected chi connectivity index (χ2v) is 6.97. The third-order valence-corrected chi connectivity index (χ3v) is 5.36. The van der Waals surface area contributed by atoms with Crippen LogP contribution in [0.4, 0.5) is 4.79 Å². The van der Waals surface area contributed by atoms with Crippen molar-refractivity contribution < 1.29 is 19.4 Å². The summed E-state index contributed by atoms with van der Waals surface area (Å²) in [6, 6.07) is 13.6. The Kier molecular flexibility index (Phi) is 5.75. The highest BCUT2D eigenvalue weighted by Gasteiger charge is 2.23. The lowest BCUT2D eigenvalue weighted by Gasteiger charge is -2.14. The highest BCUT2D eigenvalue weighted by Crippen LogP contribution is 2.32. The van der Waals surface area contributed by atoms with E-state index in [2.05, 4.69) is 5.32 Å². The number of rotatable bonds is 6. The zero-order valence-electron chi connectivity index (χ0n) is 13.6. The van der Waals surface area contributed by atoms with E-state index in [9.17, 15) is 14.7 Å². The zero-order chi connectivity index (χ0) is 18.5. The molecule has 2 aromatic carbocycles. The van der Waals surface area contributed by atoms with Gasteiger partial charge in [-0.15, -0.1) is 11.3 Å². The molecule has 0 radical (unpaired) electrons. The van der Waals surface area contributed by atoms with Crippen LogP contribution in [0.2, 0.25) is 5.02 Å². The van der Waals surface area contributed by atoms with Gasteiger partial charge in [-0.05, 0) is 28.0 Å². The molecule has 3 aromatic rings. The molecule has 26 heavy (non-hydrogen) atoms. The van der Waals surface area contributed by atoms with Crippen LogP contribution in [0, 0.1) is 0 Å². The lowest BCUT2D eigenvalue weighted by Crippen LogP contribution is -2.42. The Labute approximate surface area is 159 Å². The highest BCUT2D eigenvalue weighted by atomic mass is 35.5. The summed E-state index contributed by atoms with van der Waals surface area (Å²) < 4.78 is 6.01. The van der Waals surface area contributed by atoms with Crippen LogP contribution in [0.3, 0.4) is 0 Å². The van der Waals surface area contributed by atoms with E-state index in [0.29, 0.717) is 5.02 Å². The van der Waals surface area contributed by atoms with E-state index in [1.165, 1.54) is 11.3 Å². The standard InChI is InChI=1S/C19H16ClNO4S/c20-15-8-4-7-14-13(11-26-17(14)15)9-16(18(22)23)21-19(24)25-10-12-5-2-1-3-6-12/h1-8,11,16H,9-10H2,(H,21,24)(H,22,23)/t16-/m0/s1. The van der Waals surface area contributed by atoms with Crippen molar-refractivity contribution in [3.8, 4) is 0 Å². The van der Waals surface area contributed by atoms with E-state index in [4.69, 9.17) is 16.3 Å². The first-order valence-corrected chi connectivity index (χ1v) is 9.15. The number of amides is 1. The zero-order valence-corrected chi connectivity index (χ0v) is 15.2. The van der Waals surface area contributed by atoms with Crippen molar-refractivity contribution in [1.29, 1.82) is 0 Å². The van der Waals surface area contributed by atoms with Gasteiger partial charge < -0.3 is 15.2 Å². The summed E-state index contributed by atoms with van der Waals surface area (Å²) in [7, 11) is 0. The van der Waals surface area contributed by atoms with Gasteiger partial charge in [0.2, 0.25) is 0 Å². The first-order chi connectivity index (χ1) is 12.5. The summed E-state index contributed by atoms with van der Waals surface area (Å²) >= 11 is 7.61. The molecule has 1 amide bonds. The fourth-order valence-electron chi connectivity index (χ4n) is 2.56. The van der Waals surface area contributed by atoms with Crippen LogP contribution in [0.5, 0.6) is 0 Å². The van der Waals surface area contributed by atoms with Crippen LogP contribution in [-0.4, -0.2) is 23.2 Å². The Bertz CT molecular complexity index is 926. The summed E-state index contributed by atoms with van der Waals surface area (Å²) in [5, 5.41) is 15.2. The first-order valence-electron chi connectivity index (χ1n) is 7.89. The number of nitrogens with one attached hydrogen (secondary N) is 1. The predicted octanol–water partition coefficient (Wildman–Crippen LogP) is 4.48. The van der Waals surface area contributed by atoms with E-state index in [1.54, 1.807) is 6.07 Å². The quantitative estimate of drug-likeness (QED) is 0.651. The Balaban J connectivity index is 1.66. The number of aliphatic carboxylic acids is 1. The number of carbonyl (C=O) groups is 2. The topological polar surface area (TPSA) is 75.6 Å². The maximum absolute atomic E-state index is 12.0. The molecule has 0 fully saturated rings. The van der Waals surface area contributed by atoms with Crippen molar-refractivity contribution in [2.75, 3.05) is 0 Å². The van der Waals surface area contributed by atoms with Crippen molar-refractivity contribution in [3.05, 3.63) is 70.1 Å². The molecule has 0 aliphatic heterocycles. The fraction of sp³-hybridized carbons (Fsp3) is 0.158. The number of thiophene rings is 1. The number of ether oxygens (including phenoxy) is 1. The van der Waals surface area contributed by atoms with Crippen LogP contribution in [0.15, 0.2) is 53.9 Å². The molecule has 7 heteroatoms. The summed E-state index contributed by atoms with van der Waals surface area (Å²) in [6.07, 6.45) is -0.616. The second-order valence-electron chi connectivity index (χ2n) is 5.68. The molecule has 3 rings (SSSR count). The monoisotopic (exact) mass is 389 g/mol. The molecule has 5 nitrogen and oxygen atoms in total. The van der Waals surface area contributed by atoms with Crippen LogP contribution >= 0.6 is 22.9 Å². The molecule has 0 bridgehead atoms.